The summed E-state index contributed by atoms with van der Waals surface area (Å²) in [7, 11) is 1.20. The van der Waals surface area contributed by atoms with Gasteiger partial charge >= 0.3 is 5.97 Å². The lowest BCUT2D eigenvalue weighted by atomic mass is 9.95. The van der Waals surface area contributed by atoms with Crippen LogP contribution in [-0.4, -0.2) is 47.4 Å². The molecule has 0 aliphatic rings. The first-order valence-electron chi connectivity index (χ1n) is 6.84. The summed E-state index contributed by atoms with van der Waals surface area (Å²) in [6.07, 6.45) is 0.375. The Hall–Kier alpha value is -1.14. The molecule has 6 heteroatoms. The van der Waals surface area contributed by atoms with Gasteiger partial charge in [-0.25, -0.2) is 9.86 Å². The fourth-order valence-electron chi connectivity index (χ4n) is 1.71. The van der Waals surface area contributed by atoms with E-state index in [0.29, 0.717) is 12.8 Å². The number of aliphatic hydroxyl groups excluding tert-OH is 1. The molecule has 0 rings (SSSR count). The predicted molar refractivity (Wildman–Crippen MR) is 74.6 cm³/mol. The monoisotopic (exact) mass is 289 g/mol. The van der Waals surface area contributed by atoms with Crippen molar-refractivity contribution in [2.75, 3.05) is 7.11 Å². The van der Waals surface area contributed by atoms with E-state index in [0.717, 1.165) is 11.5 Å². The summed E-state index contributed by atoms with van der Waals surface area (Å²) in [5, 5.41) is 11.1. The largest absolute Gasteiger partial charge is 0.467 e. The van der Waals surface area contributed by atoms with Crippen LogP contribution in [-0.2, 0) is 19.2 Å². The molecule has 6 nitrogen and oxygen atoms in total. The average molecular weight is 289 g/mol. The zero-order valence-corrected chi connectivity index (χ0v) is 13.3. The van der Waals surface area contributed by atoms with Gasteiger partial charge < -0.3 is 9.84 Å². The minimum absolute atomic E-state index is 0.227. The number of carbonyl (C=O) groups is 2. The minimum Gasteiger partial charge on any atom is -0.467 e. The maximum Gasteiger partial charge on any atom is 0.336 e. The zero-order chi connectivity index (χ0) is 15.9. The molecule has 0 heterocycles. The van der Waals surface area contributed by atoms with E-state index in [1.807, 2.05) is 13.8 Å². The molecule has 0 saturated heterocycles. The summed E-state index contributed by atoms with van der Waals surface area (Å²) in [5.41, 5.74) is -0.607. The van der Waals surface area contributed by atoms with Crippen molar-refractivity contribution in [1.82, 2.24) is 5.06 Å². The molecule has 0 spiro atoms. The highest BCUT2D eigenvalue weighted by molar-refractivity contribution is 5.75. The molecule has 0 aliphatic heterocycles. The van der Waals surface area contributed by atoms with Crippen molar-refractivity contribution in [2.24, 2.45) is 5.92 Å². The van der Waals surface area contributed by atoms with E-state index in [4.69, 9.17) is 4.84 Å². The van der Waals surface area contributed by atoms with E-state index in [1.54, 1.807) is 20.8 Å². The number of methoxy groups -OCH3 is 1. The van der Waals surface area contributed by atoms with Crippen LogP contribution in [0.1, 0.15) is 47.5 Å². The van der Waals surface area contributed by atoms with Crippen LogP contribution in [0.5, 0.6) is 0 Å². The van der Waals surface area contributed by atoms with E-state index >= 15 is 0 Å². The van der Waals surface area contributed by atoms with Gasteiger partial charge in [0.25, 0.3) is 0 Å². The Morgan fingerprint density at radius 3 is 2.30 bits per heavy atom. The van der Waals surface area contributed by atoms with Crippen LogP contribution >= 0.6 is 0 Å². The number of aliphatic hydroxyl groups is 1. The maximum absolute atomic E-state index is 11.5. The molecule has 20 heavy (non-hydrogen) atoms. The van der Waals surface area contributed by atoms with Gasteiger partial charge in [-0.1, -0.05) is 20.3 Å². The van der Waals surface area contributed by atoms with Gasteiger partial charge in [0.05, 0.1) is 18.8 Å². The molecular formula is C14H27NO5. The Kier molecular flexibility index (Phi) is 7.75. The standard InChI is InChI=1S/C14H27NO5/c1-7-10(2)8-11(12(17)13(18)19-6)15(9-16)20-14(3,4)5/h9-12,17H,7-8H2,1-6H3/t10?,11-,12?/m0/s1. The topological polar surface area (TPSA) is 76.1 Å². The SMILES string of the molecule is CCC(C)C[C@@H](C(O)C(=O)OC)N(C=O)OC(C)(C)C. The van der Waals surface area contributed by atoms with E-state index in [1.165, 1.54) is 7.11 Å². The minimum atomic E-state index is -1.43. The fraction of sp³-hybridized carbons (Fsp3) is 0.857. The molecule has 0 aromatic heterocycles. The number of hydroxylamine groups is 2. The molecular weight excluding hydrogens is 262 g/mol. The van der Waals surface area contributed by atoms with Gasteiger partial charge in [0, 0.05) is 0 Å². The maximum atomic E-state index is 11.5. The first-order chi connectivity index (χ1) is 9.16. The van der Waals surface area contributed by atoms with Crippen LogP contribution < -0.4 is 0 Å². The molecule has 0 aromatic rings. The van der Waals surface area contributed by atoms with Gasteiger partial charge in [-0.3, -0.25) is 9.63 Å². The lowest BCUT2D eigenvalue weighted by Crippen LogP contribution is -2.50. The summed E-state index contributed by atoms with van der Waals surface area (Å²) in [4.78, 5) is 28.3. The lowest BCUT2D eigenvalue weighted by Gasteiger charge is -2.35. The predicted octanol–water partition coefficient (Wildman–Crippen LogP) is 1.51. The molecule has 0 saturated carbocycles. The molecule has 0 bridgehead atoms. The molecule has 0 aliphatic carbocycles. The van der Waals surface area contributed by atoms with Crippen LogP contribution in [0.15, 0.2) is 0 Å². The molecule has 3 atom stereocenters. The van der Waals surface area contributed by atoms with Crippen LogP contribution in [0.25, 0.3) is 0 Å². The smallest absolute Gasteiger partial charge is 0.336 e. The molecule has 2 unspecified atom stereocenters. The highest BCUT2D eigenvalue weighted by Gasteiger charge is 2.35. The second-order valence-electron chi connectivity index (χ2n) is 5.95. The Labute approximate surface area is 121 Å². The second kappa shape index (κ2) is 8.21. The van der Waals surface area contributed by atoms with Crippen molar-refractivity contribution >= 4 is 12.4 Å². The number of nitrogens with zero attached hydrogens (tertiary/aromatic N) is 1. The van der Waals surface area contributed by atoms with Crippen LogP contribution in [0.3, 0.4) is 0 Å². The Bertz CT molecular complexity index is 313. The first kappa shape index (κ1) is 18.9. The van der Waals surface area contributed by atoms with Crippen LogP contribution in [0, 0.1) is 5.92 Å². The fourth-order valence-corrected chi connectivity index (χ4v) is 1.71. The number of hydrogen-bond acceptors (Lipinski definition) is 5. The number of carbonyl (C=O) groups excluding carboxylic acids is 2. The van der Waals surface area contributed by atoms with Gasteiger partial charge in [0.2, 0.25) is 6.41 Å². The summed E-state index contributed by atoms with van der Waals surface area (Å²) in [6.45, 7) is 9.34. The highest BCUT2D eigenvalue weighted by atomic mass is 16.7. The third-order valence-corrected chi connectivity index (χ3v) is 2.96. The molecule has 0 fully saturated rings. The van der Waals surface area contributed by atoms with Crippen molar-refractivity contribution < 1.29 is 24.3 Å². The van der Waals surface area contributed by atoms with E-state index in [9.17, 15) is 14.7 Å². The van der Waals surface area contributed by atoms with Crippen molar-refractivity contribution in [2.45, 2.75) is 65.2 Å². The summed E-state index contributed by atoms with van der Waals surface area (Å²) in [5.74, 6) is -0.548. The van der Waals surface area contributed by atoms with Crippen molar-refractivity contribution in [1.29, 1.82) is 0 Å². The summed E-state index contributed by atoms with van der Waals surface area (Å²) >= 11 is 0. The first-order valence-corrected chi connectivity index (χ1v) is 6.84. The van der Waals surface area contributed by atoms with Gasteiger partial charge in [0.15, 0.2) is 6.10 Å². The van der Waals surface area contributed by atoms with Gasteiger partial charge in [-0.15, -0.1) is 0 Å². The molecule has 0 aromatic carbocycles. The number of hydrogen-bond donors (Lipinski definition) is 1. The quantitative estimate of drug-likeness (QED) is 0.416. The number of amides is 1. The van der Waals surface area contributed by atoms with Crippen LogP contribution in [0.4, 0.5) is 0 Å². The normalized spacial score (nSPS) is 16.1. The van der Waals surface area contributed by atoms with Crippen LogP contribution in [0.2, 0.25) is 0 Å². The molecule has 0 radical (unpaired) electrons. The summed E-state index contributed by atoms with van der Waals surface area (Å²) < 4.78 is 4.55. The van der Waals surface area contributed by atoms with Crippen molar-refractivity contribution in [3.05, 3.63) is 0 Å². The number of esters is 1. The lowest BCUT2D eigenvalue weighted by molar-refractivity contribution is -0.245. The third-order valence-electron chi connectivity index (χ3n) is 2.96. The van der Waals surface area contributed by atoms with E-state index in [2.05, 4.69) is 4.74 Å². The average Bonchev–Trinajstić information content (AvgIpc) is 2.39. The third kappa shape index (κ3) is 6.34. The summed E-state index contributed by atoms with van der Waals surface area (Å²) in [6, 6.07) is -0.769. The number of rotatable bonds is 8. The van der Waals surface area contributed by atoms with E-state index < -0.39 is 23.7 Å². The Morgan fingerprint density at radius 2 is 1.95 bits per heavy atom. The van der Waals surface area contributed by atoms with Crippen molar-refractivity contribution in [3.63, 3.8) is 0 Å². The Morgan fingerprint density at radius 1 is 1.40 bits per heavy atom. The Balaban J connectivity index is 5.15. The van der Waals surface area contributed by atoms with Gasteiger partial charge in [-0.2, -0.15) is 0 Å². The van der Waals surface area contributed by atoms with Crippen molar-refractivity contribution in [3.8, 4) is 0 Å². The number of ether oxygens (including phenoxy) is 1. The van der Waals surface area contributed by atoms with E-state index in [-0.39, 0.29) is 5.92 Å². The molecule has 118 valence electrons. The zero-order valence-electron chi connectivity index (χ0n) is 13.3. The molecule has 1 N–H and O–H groups in total. The molecule has 1 amide bonds. The second-order valence-corrected chi connectivity index (χ2v) is 5.95. The van der Waals surface area contributed by atoms with Gasteiger partial charge in [0.1, 0.15) is 0 Å². The van der Waals surface area contributed by atoms with Gasteiger partial charge in [-0.05, 0) is 33.1 Å². The highest BCUT2D eigenvalue weighted by Crippen LogP contribution is 2.21.